The van der Waals surface area contributed by atoms with Gasteiger partial charge in [-0.25, -0.2) is 4.79 Å². The largest absolute Gasteiger partial charge is 0.465 e. The van der Waals surface area contributed by atoms with Gasteiger partial charge >= 0.3 is 5.97 Å². The molecule has 0 aliphatic heterocycles. The van der Waals surface area contributed by atoms with Crippen molar-refractivity contribution in [1.29, 1.82) is 0 Å². The molecule has 0 aliphatic rings. The molecule has 0 amide bonds. The van der Waals surface area contributed by atoms with Gasteiger partial charge in [-0.2, -0.15) is 0 Å². The molecule has 16 heavy (non-hydrogen) atoms. The lowest BCUT2D eigenvalue weighted by Crippen LogP contribution is -2.21. The van der Waals surface area contributed by atoms with Crippen molar-refractivity contribution in [3.05, 3.63) is 42.5 Å². The Morgan fingerprint density at radius 2 is 2.19 bits per heavy atom. The molecule has 0 aromatic heterocycles. The highest BCUT2D eigenvalue weighted by molar-refractivity contribution is 5.95. The van der Waals surface area contributed by atoms with Crippen LogP contribution in [0.25, 0.3) is 0 Å². The number of methoxy groups -OCH3 is 1. The average Bonchev–Trinajstić information content (AvgIpc) is 2.35. The molecule has 86 valence electrons. The SMILES string of the molecule is C=CCCN(C)c1ccccc1C(=O)OC. The number of ether oxygens (including phenoxy) is 1. The minimum atomic E-state index is -0.305. The van der Waals surface area contributed by atoms with Crippen LogP contribution in [0.15, 0.2) is 36.9 Å². The summed E-state index contributed by atoms with van der Waals surface area (Å²) in [6.45, 7) is 4.51. The lowest BCUT2D eigenvalue weighted by Gasteiger charge is -2.20. The number of nitrogens with zero attached hydrogens (tertiary/aromatic N) is 1. The minimum absolute atomic E-state index is 0.305. The number of anilines is 1. The molecule has 1 aromatic rings. The molecule has 0 fully saturated rings. The van der Waals surface area contributed by atoms with E-state index in [0.717, 1.165) is 18.7 Å². The van der Waals surface area contributed by atoms with Crippen LogP contribution in [0.4, 0.5) is 5.69 Å². The summed E-state index contributed by atoms with van der Waals surface area (Å²) in [5.41, 5.74) is 1.48. The number of para-hydroxylation sites is 1. The highest BCUT2D eigenvalue weighted by Gasteiger charge is 2.13. The van der Waals surface area contributed by atoms with Gasteiger partial charge in [-0.3, -0.25) is 0 Å². The van der Waals surface area contributed by atoms with E-state index in [1.54, 1.807) is 6.07 Å². The molecule has 0 heterocycles. The van der Waals surface area contributed by atoms with Crippen LogP contribution >= 0.6 is 0 Å². The van der Waals surface area contributed by atoms with Gasteiger partial charge in [0.15, 0.2) is 0 Å². The van der Waals surface area contributed by atoms with Crippen LogP contribution in [-0.4, -0.2) is 26.7 Å². The molecule has 0 spiro atoms. The number of carbonyl (C=O) groups is 1. The Hall–Kier alpha value is -1.77. The van der Waals surface area contributed by atoms with Gasteiger partial charge in [0.05, 0.1) is 18.4 Å². The zero-order valence-corrected chi connectivity index (χ0v) is 9.77. The molecule has 0 unspecified atom stereocenters. The third kappa shape index (κ3) is 2.86. The maximum atomic E-state index is 11.5. The van der Waals surface area contributed by atoms with E-state index in [9.17, 15) is 4.79 Å². The minimum Gasteiger partial charge on any atom is -0.465 e. The molecular weight excluding hydrogens is 202 g/mol. The summed E-state index contributed by atoms with van der Waals surface area (Å²) in [6.07, 6.45) is 2.74. The third-order valence-corrected chi connectivity index (χ3v) is 2.39. The van der Waals surface area contributed by atoms with Crippen LogP contribution in [0, 0.1) is 0 Å². The smallest absolute Gasteiger partial charge is 0.339 e. The summed E-state index contributed by atoms with van der Waals surface area (Å²) in [6, 6.07) is 7.42. The molecule has 0 atom stereocenters. The van der Waals surface area contributed by atoms with Crippen molar-refractivity contribution in [1.82, 2.24) is 0 Å². The zero-order valence-electron chi connectivity index (χ0n) is 9.77. The van der Waals surface area contributed by atoms with Crippen molar-refractivity contribution in [3.8, 4) is 0 Å². The summed E-state index contributed by atoms with van der Waals surface area (Å²) < 4.78 is 4.75. The normalized spacial score (nSPS) is 9.62. The van der Waals surface area contributed by atoms with Crippen LogP contribution in [0.2, 0.25) is 0 Å². The zero-order chi connectivity index (χ0) is 12.0. The lowest BCUT2D eigenvalue weighted by molar-refractivity contribution is 0.0601. The molecule has 0 radical (unpaired) electrons. The summed E-state index contributed by atoms with van der Waals surface area (Å²) >= 11 is 0. The van der Waals surface area contributed by atoms with Crippen molar-refractivity contribution in [2.75, 3.05) is 25.6 Å². The second-order valence-corrected chi connectivity index (χ2v) is 3.51. The molecule has 0 saturated heterocycles. The molecule has 1 rings (SSSR count). The Bertz CT molecular complexity index is 374. The summed E-state index contributed by atoms with van der Waals surface area (Å²) in [4.78, 5) is 13.6. The monoisotopic (exact) mass is 219 g/mol. The first kappa shape index (κ1) is 12.3. The van der Waals surface area contributed by atoms with Crippen molar-refractivity contribution < 1.29 is 9.53 Å². The highest BCUT2D eigenvalue weighted by Crippen LogP contribution is 2.20. The quantitative estimate of drug-likeness (QED) is 0.563. The van der Waals surface area contributed by atoms with Crippen molar-refractivity contribution in [2.45, 2.75) is 6.42 Å². The van der Waals surface area contributed by atoms with E-state index in [1.165, 1.54) is 7.11 Å². The van der Waals surface area contributed by atoms with Gasteiger partial charge in [0.1, 0.15) is 0 Å². The van der Waals surface area contributed by atoms with Crippen molar-refractivity contribution in [2.24, 2.45) is 0 Å². The number of benzene rings is 1. The highest BCUT2D eigenvalue weighted by atomic mass is 16.5. The summed E-state index contributed by atoms with van der Waals surface area (Å²) in [7, 11) is 3.34. The first-order valence-electron chi connectivity index (χ1n) is 5.20. The number of esters is 1. The van der Waals surface area contributed by atoms with E-state index >= 15 is 0 Å². The van der Waals surface area contributed by atoms with Crippen LogP contribution in [0.1, 0.15) is 16.8 Å². The van der Waals surface area contributed by atoms with Crippen molar-refractivity contribution in [3.63, 3.8) is 0 Å². The maximum absolute atomic E-state index is 11.5. The van der Waals surface area contributed by atoms with Gasteiger partial charge in [-0.1, -0.05) is 18.2 Å². The second kappa shape index (κ2) is 5.95. The van der Waals surface area contributed by atoms with Gasteiger partial charge in [0.25, 0.3) is 0 Å². The third-order valence-electron chi connectivity index (χ3n) is 2.39. The Morgan fingerprint density at radius 1 is 1.50 bits per heavy atom. The molecular formula is C13H17NO2. The number of hydrogen-bond donors (Lipinski definition) is 0. The molecule has 0 N–H and O–H groups in total. The van der Waals surface area contributed by atoms with Gasteiger partial charge in [-0.05, 0) is 18.6 Å². The second-order valence-electron chi connectivity index (χ2n) is 3.51. The van der Waals surface area contributed by atoms with E-state index < -0.39 is 0 Å². The van der Waals surface area contributed by atoms with Gasteiger partial charge < -0.3 is 9.64 Å². The molecule has 1 aromatic carbocycles. The first-order valence-corrected chi connectivity index (χ1v) is 5.20. The lowest BCUT2D eigenvalue weighted by atomic mass is 10.1. The molecule has 3 heteroatoms. The van der Waals surface area contributed by atoms with E-state index in [-0.39, 0.29) is 5.97 Å². The summed E-state index contributed by atoms with van der Waals surface area (Å²) in [5, 5.41) is 0. The Kier molecular flexibility index (Phi) is 4.58. The fraction of sp³-hybridized carbons (Fsp3) is 0.308. The maximum Gasteiger partial charge on any atom is 0.339 e. The van der Waals surface area contributed by atoms with E-state index in [0.29, 0.717) is 5.56 Å². The Labute approximate surface area is 96.3 Å². The number of rotatable bonds is 5. The van der Waals surface area contributed by atoms with Crippen LogP contribution < -0.4 is 4.90 Å². The number of carbonyl (C=O) groups excluding carboxylic acids is 1. The Morgan fingerprint density at radius 3 is 2.81 bits per heavy atom. The van der Waals surface area contributed by atoms with E-state index in [4.69, 9.17) is 4.74 Å². The topological polar surface area (TPSA) is 29.5 Å². The number of hydrogen-bond acceptors (Lipinski definition) is 3. The first-order chi connectivity index (χ1) is 7.70. The van der Waals surface area contributed by atoms with Crippen LogP contribution in [-0.2, 0) is 4.74 Å². The standard InChI is InChI=1S/C13H17NO2/c1-4-5-10-14(2)12-9-7-6-8-11(12)13(15)16-3/h4,6-9H,1,5,10H2,2-3H3. The van der Waals surface area contributed by atoms with Gasteiger partial charge in [0, 0.05) is 13.6 Å². The van der Waals surface area contributed by atoms with Crippen LogP contribution in [0.5, 0.6) is 0 Å². The molecule has 0 aliphatic carbocycles. The Balaban J connectivity index is 2.93. The predicted molar refractivity (Wildman–Crippen MR) is 65.9 cm³/mol. The van der Waals surface area contributed by atoms with Crippen LogP contribution in [0.3, 0.4) is 0 Å². The summed E-state index contributed by atoms with van der Waals surface area (Å²) in [5.74, 6) is -0.305. The molecule has 0 bridgehead atoms. The fourth-order valence-corrected chi connectivity index (χ4v) is 1.49. The predicted octanol–water partition coefficient (Wildman–Crippen LogP) is 2.49. The van der Waals surface area contributed by atoms with Gasteiger partial charge in [-0.15, -0.1) is 6.58 Å². The van der Waals surface area contributed by atoms with Gasteiger partial charge in [0.2, 0.25) is 0 Å². The van der Waals surface area contributed by atoms with E-state index in [2.05, 4.69) is 6.58 Å². The van der Waals surface area contributed by atoms with E-state index in [1.807, 2.05) is 36.2 Å². The van der Waals surface area contributed by atoms with Crippen molar-refractivity contribution >= 4 is 11.7 Å². The average molecular weight is 219 g/mol. The fourth-order valence-electron chi connectivity index (χ4n) is 1.49. The molecule has 0 saturated carbocycles. The molecule has 3 nitrogen and oxygen atoms in total.